The summed E-state index contributed by atoms with van der Waals surface area (Å²) >= 11 is 0. The summed E-state index contributed by atoms with van der Waals surface area (Å²) in [5, 5.41) is 0. The molecule has 0 radical (unpaired) electrons. The second kappa shape index (κ2) is 8.30. The highest BCUT2D eigenvalue weighted by atomic mass is 16.5. The Morgan fingerprint density at radius 2 is 0.971 bits per heavy atom. The molecule has 5 saturated carbocycles. The van der Waals surface area contributed by atoms with Crippen molar-refractivity contribution >= 4 is 29.7 Å². The van der Waals surface area contributed by atoms with Crippen LogP contribution in [0, 0.1) is 58.2 Å². The van der Waals surface area contributed by atoms with Crippen LogP contribution in [0.2, 0.25) is 0 Å². The maximum Gasteiger partial charge on any atom is 0.309 e. The highest BCUT2D eigenvalue weighted by molar-refractivity contribution is 5.96. The predicted octanol–water partition coefficient (Wildman–Crippen LogP) is 1.95. The van der Waals surface area contributed by atoms with Crippen molar-refractivity contribution in [3.63, 3.8) is 0 Å². The molecule has 10 atom stereocenters. The van der Waals surface area contributed by atoms with Gasteiger partial charge in [0.05, 0.1) is 52.1 Å². The monoisotopic (exact) mass is 490 g/mol. The van der Waals surface area contributed by atoms with Crippen LogP contribution in [-0.4, -0.2) is 58.1 Å². The van der Waals surface area contributed by atoms with E-state index in [1.807, 2.05) is 0 Å². The Morgan fingerprint density at radius 1 is 0.629 bits per heavy atom. The minimum atomic E-state index is -0.724. The van der Waals surface area contributed by atoms with E-state index in [-0.39, 0.29) is 29.5 Å². The van der Waals surface area contributed by atoms with Crippen LogP contribution in [0.4, 0.5) is 0 Å². The Morgan fingerprint density at radius 3 is 1.31 bits per heavy atom. The molecule has 9 heteroatoms. The number of ether oxygens (including phenoxy) is 4. The first-order valence-electron chi connectivity index (χ1n) is 12.6. The average molecular weight is 491 g/mol. The minimum Gasteiger partial charge on any atom is -0.469 e. The number of ketones is 1. The molecule has 5 fully saturated rings. The minimum absolute atomic E-state index is 0.116. The second-order valence-electron chi connectivity index (χ2n) is 11.3. The fourth-order valence-electron chi connectivity index (χ4n) is 9.51. The lowest BCUT2D eigenvalue weighted by molar-refractivity contribution is -0.175. The molecule has 0 amide bonds. The fourth-order valence-corrected chi connectivity index (χ4v) is 9.51. The Kier molecular flexibility index (Phi) is 5.75. The number of Topliss-reactive ketones (excluding diaryl/α,β-unsaturated/α-hetero) is 1. The van der Waals surface area contributed by atoms with Crippen LogP contribution >= 0.6 is 0 Å². The summed E-state index contributed by atoms with van der Waals surface area (Å²) in [6.45, 7) is 0. The molecule has 2 spiro atoms. The Bertz CT molecular complexity index is 900. The zero-order chi connectivity index (χ0) is 25.3. The summed E-state index contributed by atoms with van der Waals surface area (Å²) in [5.41, 5.74) is -1.45. The topological polar surface area (TPSA) is 122 Å². The third kappa shape index (κ3) is 3.02. The molecule has 0 heterocycles. The lowest BCUT2D eigenvalue weighted by atomic mass is 9.48. The van der Waals surface area contributed by atoms with Crippen LogP contribution in [-0.2, 0) is 42.9 Å². The van der Waals surface area contributed by atoms with E-state index >= 15 is 0 Å². The Labute approximate surface area is 204 Å². The first-order chi connectivity index (χ1) is 16.7. The van der Waals surface area contributed by atoms with Gasteiger partial charge in [-0.05, 0) is 62.2 Å². The largest absolute Gasteiger partial charge is 0.469 e. The molecule has 35 heavy (non-hydrogen) atoms. The maximum atomic E-state index is 14.6. The van der Waals surface area contributed by atoms with E-state index in [1.54, 1.807) is 0 Å². The smallest absolute Gasteiger partial charge is 0.309 e. The molecule has 0 aromatic heterocycles. The molecule has 5 aliphatic rings. The third-order valence-corrected chi connectivity index (χ3v) is 10.5. The molecule has 0 aliphatic heterocycles. The molecule has 0 aromatic rings. The highest BCUT2D eigenvalue weighted by Crippen LogP contribution is 2.72. The van der Waals surface area contributed by atoms with E-state index in [0.29, 0.717) is 38.5 Å². The van der Waals surface area contributed by atoms with Gasteiger partial charge in [0.25, 0.3) is 0 Å². The van der Waals surface area contributed by atoms with Gasteiger partial charge in [0.1, 0.15) is 5.78 Å². The van der Waals surface area contributed by atoms with Gasteiger partial charge in [0, 0.05) is 10.8 Å². The van der Waals surface area contributed by atoms with Gasteiger partial charge >= 0.3 is 23.9 Å². The highest BCUT2D eigenvalue weighted by Gasteiger charge is 2.74. The molecule has 5 rings (SSSR count). The molecule has 5 aliphatic carbocycles. The lowest BCUT2D eigenvalue weighted by Gasteiger charge is -2.53. The molecular weight excluding hydrogens is 456 g/mol. The van der Waals surface area contributed by atoms with Gasteiger partial charge in [-0.25, -0.2) is 0 Å². The molecular formula is C26H34O9. The SMILES string of the molecule is COC(=O)C1C2CC(C1C(=O)OC)C1(CCCC3(CC4CC3C(C(=O)OC)C4C(=O)OC)C1=O)C2. The van der Waals surface area contributed by atoms with Gasteiger partial charge in [-0.15, -0.1) is 0 Å². The number of rotatable bonds is 4. The molecule has 10 unspecified atom stereocenters. The van der Waals surface area contributed by atoms with Crippen molar-refractivity contribution in [2.45, 2.75) is 44.9 Å². The summed E-state index contributed by atoms with van der Waals surface area (Å²) in [7, 11) is 5.25. The molecule has 4 bridgehead atoms. The van der Waals surface area contributed by atoms with Crippen molar-refractivity contribution in [3.8, 4) is 0 Å². The van der Waals surface area contributed by atoms with E-state index in [4.69, 9.17) is 18.9 Å². The van der Waals surface area contributed by atoms with E-state index in [9.17, 15) is 24.0 Å². The first-order valence-corrected chi connectivity index (χ1v) is 12.6. The molecule has 0 aromatic carbocycles. The van der Waals surface area contributed by atoms with Crippen LogP contribution in [0.5, 0.6) is 0 Å². The Hall–Kier alpha value is -2.45. The van der Waals surface area contributed by atoms with Gasteiger partial charge < -0.3 is 18.9 Å². The summed E-state index contributed by atoms with van der Waals surface area (Å²) in [5.74, 6) is -5.09. The summed E-state index contributed by atoms with van der Waals surface area (Å²) in [4.78, 5) is 65.6. The number of methoxy groups -OCH3 is 4. The Balaban J connectivity index is 1.51. The average Bonchev–Trinajstić information content (AvgIpc) is 3.62. The predicted molar refractivity (Wildman–Crippen MR) is 118 cm³/mol. The van der Waals surface area contributed by atoms with E-state index in [0.717, 1.165) is 6.42 Å². The lowest BCUT2D eigenvalue weighted by Crippen LogP contribution is -2.58. The zero-order valence-corrected chi connectivity index (χ0v) is 20.7. The number of carbonyl (C=O) groups is 5. The van der Waals surface area contributed by atoms with Crippen molar-refractivity contribution in [2.75, 3.05) is 28.4 Å². The van der Waals surface area contributed by atoms with Gasteiger partial charge in [-0.2, -0.15) is 0 Å². The molecule has 192 valence electrons. The summed E-state index contributed by atoms with van der Waals surface area (Å²) in [6.07, 6.45) is 4.44. The quantitative estimate of drug-likeness (QED) is 0.430. The standard InChI is InChI=1S/C26H34O9/c1-32-20(27)16-12-8-14(18(16)22(29)34-3)25(10-12)6-5-7-26(24(25)31)11-13-9-15(26)19(23(30)35-4)17(13)21(28)33-2/h12-19H,5-11H2,1-4H3. The van der Waals surface area contributed by atoms with E-state index in [1.165, 1.54) is 28.4 Å². The second-order valence-corrected chi connectivity index (χ2v) is 11.3. The van der Waals surface area contributed by atoms with Gasteiger partial charge in [-0.1, -0.05) is 6.42 Å². The summed E-state index contributed by atoms with van der Waals surface area (Å²) < 4.78 is 20.2. The van der Waals surface area contributed by atoms with Crippen molar-refractivity contribution in [1.29, 1.82) is 0 Å². The van der Waals surface area contributed by atoms with Crippen molar-refractivity contribution in [1.82, 2.24) is 0 Å². The molecule has 0 saturated heterocycles. The molecule has 0 N–H and O–H groups in total. The number of hydrogen-bond donors (Lipinski definition) is 0. The van der Waals surface area contributed by atoms with Crippen LogP contribution in [0.15, 0.2) is 0 Å². The van der Waals surface area contributed by atoms with Gasteiger partial charge in [-0.3, -0.25) is 24.0 Å². The van der Waals surface area contributed by atoms with Crippen molar-refractivity contribution in [2.24, 2.45) is 58.2 Å². The first kappa shape index (κ1) is 24.3. The number of hydrogen-bond acceptors (Lipinski definition) is 9. The number of fused-ring (bicyclic) bond motifs is 6. The third-order valence-electron chi connectivity index (χ3n) is 10.5. The molecule has 9 nitrogen and oxygen atoms in total. The zero-order valence-electron chi connectivity index (χ0n) is 20.7. The normalized spacial score (nSPS) is 45.1. The van der Waals surface area contributed by atoms with E-state index < -0.39 is 58.4 Å². The van der Waals surface area contributed by atoms with Gasteiger partial charge in [0.15, 0.2) is 0 Å². The van der Waals surface area contributed by atoms with Crippen LogP contribution < -0.4 is 0 Å². The van der Waals surface area contributed by atoms with Crippen LogP contribution in [0.3, 0.4) is 0 Å². The number of carbonyl (C=O) groups excluding carboxylic acids is 5. The van der Waals surface area contributed by atoms with Crippen molar-refractivity contribution < 1.29 is 42.9 Å². The van der Waals surface area contributed by atoms with Crippen molar-refractivity contribution in [3.05, 3.63) is 0 Å². The van der Waals surface area contributed by atoms with E-state index in [2.05, 4.69) is 0 Å². The summed E-state index contributed by atoms with van der Waals surface area (Å²) in [6, 6.07) is 0. The number of esters is 4. The fraction of sp³-hybridized carbons (Fsp3) is 0.808. The van der Waals surface area contributed by atoms with Crippen LogP contribution in [0.1, 0.15) is 44.9 Å². The van der Waals surface area contributed by atoms with Crippen LogP contribution in [0.25, 0.3) is 0 Å². The maximum absolute atomic E-state index is 14.6. The van der Waals surface area contributed by atoms with Gasteiger partial charge in [0.2, 0.25) is 0 Å².